The minimum absolute atomic E-state index is 0.606. The van der Waals surface area contributed by atoms with Crippen molar-refractivity contribution in [2.24, 2.45) is 0 Å². The third kappa shape index (κ3) is 2.89. The number of hydrogen-bond acceptors (Lipinski definition) is 1. The molecule has 0 aromatic heterocycles. The lowest BCUT2D eigenvalue weighted by Crippen LogP contribution is -1.99. The topological polar surface area (TPSA) is 20.2 Å². The standard InChI is InChI=1S/C14H12BrClO/c1-9-3-2-4-10(7-9)14(17)11-5-6-12(15)13(16)8-11/h2-8,14,17H,1H3. The van der Waals surface area contributed by atoms with Crippen LogP contribution in [0.15, 0.2) is 46.9 Å². The van der Waals surface area contributed by atoms with Crippen molar-refractivity contribution >= 4 is 27.5 Å². The molecular weight excluding hydrogens is 300 g/mol. The summed E-state index contributed by atoms with van der Waals surface area (Å²) in [6.07, 6.45) is -0.638. The number of hydrogen-bond donors (Lipinski definition) is 1. The van der Waals surface area contributed by atoms with Crippen molar-refractivity contribution < 1.29 is 5.11 Å². The highest BCUT2D eigenvalue weighted by Crippen LogP contribution is 2.29. The van der Waals surface area contributed by atoms with Crippen LogP contribution in [0, 0.1) is 6.92 Å². The normalized spacial score (nSPS) is 12.5. The Labute approximate surface area is 114 Å². The summed E-state index contributed by atoms with van der Waals surface area (Å²) in [6.45, 7) is 2.00. The fourth-order valence-corrected chi connectivity index (χ4v) is 2.15. The van der Waals surface area contributed by atoms with Crippen molar-refractivity contribution in [3.63, 3.8) is 0 Å². The van der Waals surface area contributed by atoms with Gasteiger partial charge in [-0.2, -0.15) is 0 Å². The van der Waals surface area contributed by atoms with E-state index in [0.29, 0.717) is 5.02 Å². The molecule has 0 saturated heterocycles. The van der Waals surface area contributed by atoms with E-state index in [1.165, 1.54) is 0 Å². The molecule has 0 aliphatic heterocycles. The molecule has 88 valence electrons. The fraction of sp³-hybridized carbons (Fsp3) is 0.143. The summed E-state index contributed by atoms with van der Waals surface area (Å²) in [7, 11) is 0. The molecule has 0 bridgehead atoms. The maximum absolute atomic E-state index is 10.3. The first-order valence-electron chi connectivity index (χ1n) is 5.27. The van der Waals surface area contributed by atoms with E-state index in [-0.39, 0.29) is 0 Å². The second-order valence-electron chi connectivity index (χ2n) is 3.99. The van der Waals surface area contributed by atoms with E-state index in [4.69, 9.17) is 11.6 Å². The van der Waals surface area contributed by atoms with Gasteiger partial charge in [0.1, 0.15) is 6.10 Å². The molecule has 0 spiro atoms. The maximum atomic E-state index is 10.3. The molecule has 0 radical (unpaired) electrons. The van der Waals surface area contributed by atoms with Crippen LogP contribution in [0.5, 0.6) is 0 Å². The van der Waals surface area contributed by atoms with Gasteiger partial charge in [0.2, 0.25) is 0 Å². The second kappa shape index (κ2) is 5.21. The quantitative estimate of drug-likeness (QED) is 0.866. The van der Waals surface area contributed by atoms with Gasteiger partial charge in [-0.15, -0.1) is 0 Å². The summed E-state index contributed by atoms with van der Waals surface area (Å²) in [6, 6.07) is 13.3. The van der Waals surface area contributed by atoms with Gasteiger partial charge in [0.15, 0.2) is 0 Å². The van der Waals surface area contributed by atoms with E-state index in [2.05, 4.69) is 15.9 Å². The number of aliphatic hydroxyl groups is 1. The average molecular weight is 312 g/mol. The molecule has 0 fully saturated rings. The van der Waals surface area contributed by atoms with Crippen molar-refractivity contribution in [1.82, 2.24) is 0 Å². The predicted octanol–water partition coefficient (Wildman–Crippen LogP) is 4.49. The van der Waals surface area contributed by atoms with Crippen LogP contribution in [0.2, 0.25) is 5.02 Å². The van der Waals surface area contributed by atoms with E-state index < -0.39 is 6.10 Å². The van der Waals surface area contributed by atoms with E-state index in [0.717, 1.165) is 21.2 Å². The monoisotopic (exact) mass is 310 g/mol. The smallest absolute Gasteiger partial charge is 0.104 e. The van der Waals surface area contributed by atoms with E-state index >= 15 is 0 Å². The van der Waals surface area contributed by atoms with Gasteiger partial charge < -0.3 is 5.11 Å². The van der Waals surface area contributed by atoms with E-state index in [9.17, 15) is 5.11 Å². The Balaban J connectivity index is 2.36. The van der Waals surface area contributed by atoms with Crippen LogP contribution >= 0.6 is 27.5 Å². The highest BCUT2D eigenvalue weighted by Gasteiger charge is 2.11. The Hall–Kier alpha value is -0.830. The maximum Gasteiger partial charge on any atom is 0.104 e. The van der Waals surface area contributed by atoms with Gasteiger partial charge >= 0.3 is 0 Å². The summed E-state index contributed by atoms with van der Waals surface area (Å²) in [4.78, 5) is 0. The Bertz CT molecular complexity index is 539. The van der Waals surface area contributed by atoms with Crippen LogP contribution < -0.4 is 0 Å². The molecule has 0 heterocycles. The first-order valence-corrected chi connectivity index (χ1v) is 6.44. The lowest BCUT2D eigenvalue weighted by molar-refractivity contribution is 0.220. The highest BCUT2D eigenvalue weighted by atomic mass is 79.9. The minimum atomic E-state index is -0.638. The summed E-state index contributed by atoms with van der Waals surface area (Å²) >= 11 is 9.35. The molecule has 0 saturated carbocycles. The van der Waals surface area contributed by atoms with Gasteiger partial charge in [0, 0.05) is 4.47 Å². The third-order valence-corrected chi connectivity index (χ3v) is 3.85. The molecule has 1 N–H and O–H groups in total. The zero-order chi connectivity index (χ0) is 12.4. The number of benzene rings is 2. The number of halogens is 2. The van der Waals surface area contributed by atoms with Crippen LogP contribution in [0.3, 0.4) is 0 Å². The van der Waals surface area contributed by atoms with Crippen LogP contribution in [-0.2, 0) is 0 Å². The number of rotatable bonds is 2. The highest BCUT2D eigenvalue weighted by molar-refractivity contribution is 9.10. The molecule has 2 aromatic rings. The van der Waals surface area contributed by atoms with Crippen molar-refractivity contribution in [2.45, 2.75) is 13.0 Å². The first kappa shape index (κ1) is 12.6. The minimum Gasteiger partial charge on any atom is -0.384 e. The molecule has 3 heteroatoms. The van der Waals surface area contributed by atoms with E-state index in [1.807, 2.05) is 43.3 Å². The van der Waals surface area contributed by atoms with Gasteiger partial charge in [-0.3, -0.25) is 0 Å². The summed E-state index contributed by atoms with van der Waals surface area (Å²) in [5.74, 6) is 0. The summed E-state index contributed by atoms with van der Waals surface area (Å²) in [5, 5.41) is 10.9. The van der Waals surface area contributed by atoms with Gasteiger partial charge in [-0.05, 0) is 46.1 Å². The number of aliphatic hydroxyl groups excluding tert-OH is 1. The molecule has 2 aromatic carbocycles. The molecule has 0 aliphatic rings. The lowest BCUT2D eigenvalue weighted by Gasteiger charge is -2.12. The van der Waals surface area contributed by atoms with Crippen molar-refractivity contribution in [1.29, 1.82) is 0 Å². The predicted molar refractivity (Wildman–Crippen MR) is 74.4 cm³/mol. The largest absolute Gasteiger partial charge is 0.384 e. The van der Waals surface area contributed by atoms with Crippen molar-refractivity contribution in [2.75, 3.05) is 0 Å². The average Bonchev–Trinajstić information content (AvgIpc) is 2.32. The van der Waals surface area contributed by atoms with Crippen LogP contribution in [-0.4, -0.2) is 5.11 Å². The Kier molecular flexibility index (Phi) is 3.87. The zero-order valence-corrected chi connectivity index (χ0v) is 11.7. The Morgan fingerprint density at radius 1 is 1.12 bits per heavy atom. The molecular formula is C14H12BrClO. The van der Waals surface area contributed by atoms with Gasteiger partial charge in [-0.1, -0.05) is 47.5 Å². The molecule has 0 amide bonds. The Morgan fingerprint density at radius 2 is 1.82 bits per heavy atom. The van der Waals surface area contributed by atoms with Crippen LogP contribution in [0.25, 0.3) is 0 Å². The fourth-order valence-electron chi connectivity index (χ4n) is 1.72. The zero-order valence-electron chi connectivity index (χ0n) is 9.32. The van der Waals surface area contributed by atoms with Crippen molar-refractivity contribution in [3.8, 4) is 0 Å². The Morgan fingerprint density at radius 3 is 2.47 bits per heavy atom. The van der Waals surface area contributed by atoms with Crippen molar-refractivity contribution in [3.05, 3.63) is 68.7 Å². The van der Waals surface area contributed by atoms with Crippen LogP contribution in [0.4, 0.5) is 0 Å². The molecule has 17 heavy (non-hydrogen) atoms. The number of aryl methyl sites for hydroxylation is 1. The third-order valence-electron chi connectivity index (χ3n) is 2.62. The molecule has 1 nitrogen and oxygen atoms in total. The van der Waals surface area contributed by atoms with Crippen LogP contribution in [0.1, 0.15) is 22.8 Å². The molecule has 2 rings (SSSR count). The summed E-state index contributed by atoms with van der Waals surface area (Å²) < 4.78 is 0.833. The first-order chi connectivity index (χ1) is 8.08. The summed E-state index contributed by atoms with van der Waals surface area (Å²) in [5.41, 5.74) is 2.80. The molecule has 1 unspecified atom stereocenters. The molecule has 1 atom stereocenters. The molecule has 0 aliphatic carbocycles. The lowest BCUT2D eigenvalue weighted by atomic mass is 10.0. The second-order valence-corrected chi connectivity index (χ2v) is 5.25. The van der Waals surface area contributed by atoms with Gasteiger partial charge in [0.25, 0.3) is 0 Å². The van der Waals surface area contributed by atoms with Gasteiger partial charge in [0.05, 0.1) is 5.02 Å². The van der Waals surface area contributed by atoms with Gasteiger partial charge in [-0.25, -0.2) is 0 Å². The van der Waals surface area contributed by atoms with E-state index in [1.54, 1.807) is 6.07 Å². The SMILES string of the molecule is Cc1cccc(C(O)c2ccc(Br)c(Cl)c2)c1.